The minimum atomic E-state index is -1.77. The smallest absolute Gasteiger partial charge is 0.303 e. The zero-order chi connectivity index (χ0) is 15.5. The van der Waals surface area contributed by atoms with Gasteiger partial charge in [-0.05, 0) is 26.6 Å². The molecule has 1 aliphatic rings. The molecule has 7 heteroatoms. The van der Waals surface area contributed by atoms with Crippen LogP contribution in [0.15, 0.2) is 0 Å². The molecule has 6 nitrogen and oxygen atoms in total. The average Bonchev–Trinajstić information content (AvgIpc) is 2.19. The summed E-state index contributed by atoms with van der Waals surface area (Å²) in [5, 5.41) is 0. The molecule has 116 valence electrons. The Morgan fingerprint density at radius 1 is 1.10 bits per heavy atom. The molecule has 0 N–H and O–H groups in total. The van der Waals surface area contributed by atoms with E-state index in [0.29, 0.717) is 6.42 Å². The van der Waals surface area contributed by atoms with Crippen LogP contribution in [0.1, 0.15) is 27.2 Å². The van der Waals surface area contributed by atoms with Crippen LogP contribution in [-0.4, -0.2) is 44.9 Å². The van der Waals surface area contributed by atoms with Gasteiger partial charge >= 0.3 is 11.9 Å². The maximum Gasteiger partial charge on any atom is 0.303 e. The number of hydrogen-bond donors (Lipinski definition) is 0. The Balaban J connectivity index is 2.79. The summed E-state index contributed by atoms with van der Waals surface area (Å²) in [5.74, 6) is -0.833. The molecule has 0 bridgehead atoms. The molecule has 0 amide bonds. The lowest BCUT2D eigenvalue weighted by Crippen LogP contribution is -2.52. The third kappa shape index (κ3) is 5.60. The van der Waals surface area contributed by atoms with Crippen LogP contribution in [0.3, 0.4) is 0 Å². The molecule has 0 radical (unpaired) electrons. The maximum absolute atomic E-state index is 11.2. The minimum absolute atomic E-state index is 0.367. The van der Waals surface area contributed by atoms with Crippen LogP contribution in [0, 0.1) is 0 Å². The van der Waals surface area contributed by atoms with E-state index in [0.717, 1.165) is 0 Å². The number of carbonyl (C=O) groups is 2. The largest absolute Gasteiger partial charge is 0.458 e. The molecule has 1 aliphatic heterocycles. The predicted octanol–water partition coefficient (Wildman–Crippen LogP) is 1.84. The number of rotatable bonds is 4. The van der Waals surface area contributed by atoms with Crippen LogP contribution >= 0.6 is 0 Å². The Hall–Kier alpha value is -0.923. The van der Waals surface area contributed by atoms with Crippen molar-refractivity contribution < 1.29 is 28.2 Å². The van der Waals surface area contributed by atoms with Crippen LogP contribution in [0.4, 0.5) is 0 Å². The van der Waals surface area contributed by atoms with Gasteiger partial charge in [-0.3, -0.25) is 9.59 Å². The van der Waals surface area contributed by atoms with E-state index in [-0.39, 0.29) is 0 Å². The third-order valence-electron chi connectivity index (χ3n) is 2.72. The van der Waals surface area contributed by atoms with Gasteiger partial charge in [-0.15, -0.1) is 0 Å². The van der Waals surface area contributed by atoms with Crippen molar-refractivity contribution in [1.29, 1.82) is 0 Å². The Bertz CT molecular complexity index is 364. The second kappa shape index (κ2) is 6.69. The molecule has 1 heterocycles. The lowest BCUT2D eigenvalue weighted by molar-refractivity contribution is -0.236. The summed E-state index contributed by atoms with van der Waals surface area (Å²) in [6.45, 7) is 10.6. The van der Waals surface area contributed by atoms with Crippen molar-refractivity contribution in [3.8, 4) is 0 Å². The van der Waals surface area contributed by atoms with Crippen molar-refractivity contribution >= 4 is 20.3 Å². The van der Waals surface area contributed by atoms with E-state index >= 15 is 0 Å². The maximum atomic E-state index is 11.2. The SMILES string of the molecule is CC(=O)O[C@H]1[C@H](C)O[C@H](O[Si](C)(C)C)C[C@@H]1OC(C)=O. The van der Waals surface area contributed by atoms with Gasteiger partial charge in [0.25, 0.3) is 0 Å². The summed E-state index contributed by atoms with van der Waals surface area (Å²) in [6.07, 6.45) is -1.60. The molecular weight excluding hydrogens is 280 g/mol. The summed E-state index contributed by atoms with van der Waals surface area (Å²) in [4.78, 5) is 22.4. The van der Waals surface area contributed by atoms with Crippen LogP contribution < -0.4 is 0 Å². The van der Waals surface area contributed by atoms with Gasteiger partial charge in [0.2, 0.25) is 0 Å². The fourth-order valence-electron chi connectivity index (χ4n) is 2.16. The fourth-order valence-corrected chi connectivity index (χ4v) is 3.10. The number of esters is 2. The molecular formula is C13H24O6Si. The highest BCUT2D eigenvalue weighted by Gasteiger charge is 2.42. The highest BCUT2D eigenvalue weighted by molar-refractivity contribution is 6.69. The second-order valence-electron chi connectivity index (χ2n) is 5.96. The first-order valence-electron chi connectivity index (χ1n) is 6.76. The van der Waals surface area contributed by atoms with E-state index in [1.54, 1.807) is 6.92 Å². The number of carbonyl (C=O) groups excluding carboxylic acids is 2. The fraction of sp³-hybridized carbons (Fsp3) is 0.846. The van der Waals surface area contributed by atoms with Crippen LogP contribution in [0.5, 0.6) is 0 Å². The molecule has 0 aromatic heterocycles. The van der Waals surface area contributed by atoms with E-state index in [1.807, 2.05) is 0 Å². The lowest BCUT2D eigenvalue weighted by Gasteiger charge is -2.40. The quantitative estimate of drug-likeness (QED) is 0.583. The molecule has 1 saturated heterocycles. The molecule has 1 rings (SSSR count). The van der Waals surface area contributed by atoms with E-state index < -0.39 is 44.9 Å². The van der Waals surface area contributed by atoms with Gasteiger partial charge in [-0.25, -0.2) is 0 Å². The Morgan fingerprint density at radius 2 is 1.65 bits per heavy atom. The first-order chi connectivity index (χ1) is 9.08. The second-order valence-corrected chi connectivity index (χ2v) is 10.4. The van der Waals surface area contributed by atoms with Crippen molar-refractivity contribution in [2.24, 2.45) is 0 Å². The highest BCUT2D eigenvalue weighted by Crippen LogP contribution is 2.27. The molecule has 0 unspecified atom stereocenters. The van der Waals surface area contributed by atoms with Gasteiger partial charge in [0.1, 0.15) is 6.10 Å². The molecule has 0 aromatic rings. The van der Waals surface area contributed by atoms with Gasteiger partial charge in [0.15, 0.2) is 20.7 Å². The van der Waals surface area contributed by atoms with Gasteiger partial charge < -0.3 is 18.6 Å². The van der Waals surface area contributed by atoms with Gasteiger partial charge in [-0.1, -0.05) is 0 Å². The van der Waals surface area contributed by atoms with Crippen molar-refractivity contribution in [3.63, 3.8) is 0 Å². The van der Waals surface area contributed by atoms with Crippen LogP contribution in [-0.2, 0) is 28.2 Å². The van der Waals surface area contributed by atoms with Gasteiger partial charge in [0, 0.05) is 20.3 Å². The first-order valence-corrected chi connectivity index (χ1v) is 10.2. The number of hydrogen-bond acceptors (Lipinski definition) is 6. The van der Waals surface area contributed by atoms with Gasteiger partial charge in [-0.2, -0.15) is 0 Å². The normalized spacial score (nSPS) is 30.7. The first kappa shape index (κ1) is 17.1. The number of ether oxygens (including phenoxy) is 3. The average molecular weight is 304 g/mol. The topological polar surface area (TPSA) is 71.1 Å². The summed E-state index contributed by atoms with van der Waals surface area (Å²) in [7, 11) is -1.77. The summed E-state index contributed by atoms with van der Waals surface area (Å²) >= 11 is 0. The standard InChI is InChI=1S/C13H24O6Si/c1-8-13(18-10(3)15)11(17-9(2)14)7-12(16-8)19-20(4,5)6/h8,11-13H,7H2,1-6H3/t8-,11-,12+,13-/m0/s1. The monoisotopic (exact) mass is 304 g/mol. The minimum Gasteiger partial charge on any atom is -0.458 e. The zero-order valence-electron chi connectivity index (χ0n) is 13.0. The molecule has 4 atom stereocenters. The van der Waals surface area contributed by atoms with Crippen molar-refractivity contribution in [3.05, 3.63) is 0 Å². The molecule has 0 saturated carbocycles. The highest BCUT2D eigenvalue weighted by atomic mass is 28.4. The van der Waals surface area contributed by atoms with Crippen LogP contribution in [0.2, 0.25) is 19.6 Å². The summed E-state index contributed by atoms with van der Waals surface area (Å²) in [6, 6.07) is 0. The van der Waals surface area contributed by atoms with E-state index in [9.17, 15) is 9.59 Å². The van der Waals surface area contributed by atoms with Crippen molar-refractivity contribution in [2.45, 2.75) is 71.4 Å². The Morgan fingerprint density at radius 3 is 2.10 bits per heavy atom. The summed E-state index contributed by atoms with van der Waals surface area (Å²) in [5.41, 5.74) is 0. The van der Waals surface area contributed by atoms with Crippen LogP contribution in [0.25, 0.3) is 0 Å². The Labute approximate surface area is 120 Å². The van der Waals surface area contributed by atoms with E-state index in [2.05, 4.69) is 19.6 Å². The van der Waals surface area contributed by atoms with E-state index in [4.69, 9.17) is 18.6 Å². The summed E-state index contributed by atoms with van der Waals surface area (Å²) < 4.78 is 22.1. The van der Waals surface area contributed by atoms with Crippen molar-refractivity contribution in [1.82, 2.24) is 0 Å². The third-order valence-corrected chi connectivity index (χ3v) is 3.69. The molecule has 0 spiro atoms. The lowest BCUT2D eigenvalue weighted by atomic mass is 10.0. The molecule has 20 heavy (non-hydrogen) atoms. The zero-order valence-corrected chi connectivity index (χ0v) is 14.0. The Kier molecular flexibility index (Phi) is 5.73. The van der Waals surface area contributed by atoms with E-state index in [1.165, 1.54) is 13.8 Å². The molecule has 0 aromatic carbocycles. The molecule has 1 fully saturated rings. The predicted molar refractivity (Wildman–Crippen MR) is 74.5 cm³/mol. The van der Waals surface area contributed by atoms with Crippen molar-refractivity contribution in [2.75, 3.05) is 0 Å². The molecule has 0 aliphatic carbocycles. The van der Waals surface area contributed by atoms with Gasteiger partial charge in [0.05, 0.1) is 6.10 Å².